The van der Waals surface area contributed by atoms with Gasteiger partial charge in [0.25, 0.3) is 0 Å². The first-order valence-corrected chi connectivity index (χ1v) is 5.14. The lowest BCUT2D eigenvalue weighted by atomic mass is 10.0. The van der Waals surface area contributed by atoms with E-state index in [0.29, 0.717) is 0 Å². The van der Waals surface area contributed by atoms with E-state index in [0.717, 1.165) is 5.56 Å². The lowest BCUT2D eigenvalue weighted by molar-refractivity contribution is -0.126. The van der Waals surface area contributed by atoms with Gasteiger partial charge in [-0.1, -0.05) is 30.3 Å². The second-order valence-electron chi connectivity index (χ2n) is 3.55. The van der Waals surface area contributed by atoms with Gasteiger partial charge in [0.2, 0.25) is 5.91 Å². The summed E-state index contributed by atoms with van der Waals surface area (Å²) in [6, 6.07) is 8.65. The van der Waals surface area contributed by atoms with Crippen LogP contribution in [-0.2, 0) is 9.59 Å². The van der Waals surface area contributed by atoms with Crippen molar-refractivity contribution in [1.82, 2.24) is 10.6 Å². The Bertz CT molecular complexity index is 363. The number of benzene rings is 1. The summed E-state index contributed by atoms with van der Waals surface area (Å²) in [6.45, 7) is 1.67. The second kappa shape index (κ2) is 6.02. The molecule has 1 aromatic carbocycles. The molecule has 0 fully saturated rings. The zero-order valence-electron chi connectivity index (χ0n) is 9.49. The second-order valence-corrected chi connectivity index (χ2v) is 3.55. The third-order valence-electron chi connectivity index (χ3n) is 2.18. The Morgan fingerprint density at radius 2 is 1.88 bits per heavy atom. The smallest absolute Gasteiger partial charge is 0.234 e. The van der Waals surface area contributed by atoms with Crippen LogP contribution in [0.4, 0.5) is 0 Å². The quantitative estimate of drug-likeness (QED) is 0.766. The lowest BCUT2D eigenvalue weighted by Gasteiger charge is -2.16. The minimum absolute atomic E-state index is 0.0735. The summed E-state index contributed by atoms with van der Waals surface area (Å²) in [5.41, 5.74) is 0.805. The van der Waals surface area contributed by atoms with E-state index in [1.165, 1.54) is 6.92 Å². The maximum atomic E-state index is 11.4. The Morgan fingerprint density at radius 3 is 2.38 bits per heavy atom. The van der Waals surface area contributed by atoms with Crippen LogP contribution in [0.1, 0.15) is 18.5 Å². The van der Waals surface area contributed by atoms with Crippen molar-refractivity contribution in [2.75, 3.05) is 13.6 Å². The fourth-order valence-electron chi connectivity index (χ4n) is 1.44. The Labute approximate surface area is 95.0 Å². The molecule has 1 atom stereocenters. The van der Waals surface area contributed by atoms with Crippen molar-refractivity contribution < 1.29 is 9.59 Å². The largest absolute Gasteiger partial charge is 0.341 e. The highest BCUT2D eigenvalue weighted by Crippen LogP contribution is 2.12. The van der Waals surface area contributed by atoms with Crippen LogP contribution in [0.3, 0.4) is 0 Å². The molecule has 4 nitrogen and oxygen atoms in total. The van der Waals surface area contributed by atoms with E-state index in [-0.39, 0.29) is 18.2 Å². The van der Waals surface area contributed by atoms with Crippen LogP contribution in [-0.4, -0.2) is 25.3 Å². The molecule has 0 aliphatic rings. The molecule has 16 heavy (non-hydrogen) atoms. The molecule has 0 saturated carbocycles. The van der Waals surface area contributed by atoms with Crippen molar-refractivity contribution in [3.8, 4) is 0 Å². The summed E-state index contributed by atoms with van der Waals surface area (Å²) in [5.74, 6) is -0.262. The van der Waals surface area contributed by atoms with Crippen molar-refractivity contribution in [1.29, 1.82) is 0 Å². The van der Waals surface area contributed by atoms with Gasteiger partial charge >= 0.3 is 0 Å². The van der Waals surface area contributed by atoms with E-state index in [4.69, 9.17) is 0 Å². The van der Waals surface area contributed by atoms with Gasteiger partial charge < -0.3 is 10.6 Å². The van der Waals surface area contributed by atoms with Gasteiger partial charge in [0, 0.05) is 0 Å². The molecule has 0 spiro atoms. The fraction of sp³-hybridized carbons (Fsp3) is 0.333. The summed E-state index contributed by atoms with van der Waals surface area (Å²) in [4.78, 5) is 22.9. The number of hydrogen-bond donors (Lipinski definition) is 2. The average Bonchev–Trinajstić information content (AvgIpc) is 2.27. The van der Waals surface area contributed by atoms with Crippen molar-refractivity contribution in [3.05, 3.63) is 35.9 Å². The first kappa shape index (κ1) is 12.4. The standard InChI is InChI=1S/C12H16N2O2/c1-9(15)12(14-11(16)8-13-2)10-6-4-3-5-7-10/h3-7,12-13H,8H2,1-2H3,(H,14,16). The number of nitrogens with one attached hydrogen (secondary N) is 2. The number of carbonyl (C=O) groups excluding carboxylic acids is 2. The van der Waals surface area contributed by atoms with E-state index in [2.05, 4.69) is 10.6 Å². The third kappa shape index (κ3) is 3.47. The molecular formula is C12H16N2O2. The lowest BCUT2D eigenvalue weighted by Crippen LogP contribution is -2.37. The highest BCUT2D eigenvalue weighted by Gasteiger charge is 2.18. The van der Waals surface area contributed by atoms with Crippen LogP contribution in [0.2, 0.25) is 0 Å². The van der Waals surface area contributed by atoms with Crippen molar-refractivity contribution in [2.45, 2.75) is 13.0 Å². The van der Waals surface area contributed by atoms with E-state index < -0.39 is 6.04 Å². The van der Waals surface area contributed by atoms with Crippen LogP contribution in [0.15, 0.2) is 30.3 Å². The minimum Gasteiger partial charge on any atom is -0.341 e. The van der Waals surface area contributed by atoms with Gasteiger partial charge in [0.05, 0.1) is 6.54 Å². The zero-order valence-corrected chi connectivity index (χ0v) is 9.49. The molecule has 86 valence electrons. The molecule has 1 amide bonds. The van der Waals surface area contributed by atoms with E-state index in [9.17, 15) is 9.59 Å². The number of hydrogen-bond acceptors (Lipinski definition) is 3. The summed E-state index contributed by atoms with van der Waals surface area (Å²) < 4.78 is 0. The summed E-state index contributed by atoms with van der Waals surface area (Å²) in [6.07, 6.45) is 0. The Balaban J connectivity index is 2.77. The molecule has 2 N–H and O–H groups in total. The molecule has 1 unspecified atom stereocenters. The highest BCUT2D eigenvalue weighted by molar-refractivity contribution is 5.89. The maximum Gasteiger partial charge on any atom is 0.234 e. The normalized spacial score (nSPS) is 11.9. The third-order valence-corrected chi connectivity index (χ3v) is 2.18. The van der Waals surface area contributed by atoms with Crippen LogP contribution in [0, 0.1) is 0 Å². The topological polar surface area (TPSA) is 58.2 Å². The molecule has 4 heteroatoms. The predicted molar refractivity (Wildman–Crippen MR) is 61.9 cm³/mol. The summed E-state index contributed by atoms with van der Waals surface area (Å²) in [5, 5.41) is 5.42. The van der Waals surface area contributed by atoms with Gasteiger partial charge in [0.15, 0.2) is 5.78 Å². The fourth-order valence-corrected chi connectivity index (χ4v) is 1.44. The molecule has 0 aromatic heterocycles. The van der Waals surface area contributed by atoms with Crippen LogP contribution < -0.4 is 10.6 Å². The highest BCUT2D eigenvalue weighted by atomic mass is 16.2. The van der Waals surface area contributed by atoms with Crippen LogP contribution in [0.25, 0.3) is 0 Å². The predicted octanol–water partition coefficient (Wildman–Crippen LogP) is 0.652. The number of ketones is 1. The van der Waals surface area contributed by atoms with Gasteiger partial charge in [-0.05, 0) is 19.5 Å². The molecule has 0 bridgehead atoms. The number of carbonyl (C=O) groups is 2. The molecule has 0 saturated heterocycles. The first-order valence-electron chi connectivity index (χ1n) is 5.14. The molecular weight excluding hydrogens is 204 g/mol. The SMILES string of the molecule is CNCC(=O)NC(C(C)=O)c1ccccc1. The van der Waals surface area contributed by atoms with Crippen molar-refractivity contribution >= 4 is 11.7 Å². The van der Waals surface area contributed by atoms with Gasteiger partial charge in [0.1, 0.15) is 6.04 Å². The molecule has 0 aliphatic carbocycles. The minimum atomic E-state index is -0.554. The number of likely N-dealkylation sites (N-methyl/N-ethyl adjacent to an activating group) is 1. The molecule has 1 aromatic rings. The summed E-state index contributed by atoms with van der Waals surface area (Å²) >= 11 is 0. The zero-order chi connectivity index (χ0) is 12.0. The Kier molecular flexibility index (Phi) is 4.66. The summed E-state index contributed by atoms with van der Waals surface area (Å²) in [7, 11) is 1.69. The van der Waals surface area contributed by atoms with Gasteiger partial charge in [-0.15, -0.1) is 0 Å². The monoisotopic (exact) mass is 220 g/mol. The van der Waals surface area contributed by atoms with E-state index in [1.54, 1.807) is 7.05 Å². The average molecular weight is 220 g/mol. The van der Waals surface area contributed by atoms with E-state index >= 15 is 0 Å². The van der Waals surface area contributed by atoms with Crippen molar-refractivity contribution in [2.24, 2.45) is 0 Å². The molecule has 0 radical (unpaired) electrons. The van der Waals surface area contributed by atoms with Gasteiger partial charge in [-0.2, -0.15) is 0 Å². The first-order chi connectivity index (χ1) is 7.65. The number of Topliss-reactive ketones (excluding diaryl/α,β-unsaturated/α-hetero) is 1. The molecule has 0 heterocycles. The van der Waals surface area contributed by atoms with E-state index in [1.807, 2.05) is 30.3 Å². The van der Waals surface area contributed by atoms with Gasteiger partial charge in [-0.3, -0.25) is 9.59 Å². The van der Waals surface area contributed by atoms with Crippen LogP contribution in [0.5, 0.6) is 0 Å². The van der Waals surface area contributed by atoms with Crippen LogP contribution >= 0.6 is 0 Å². The Morgan fingerprint density at radius 1 is 1.25 bits per heavy atom. The van der Waals surface area contributed by atoms with Crippen molar-refractivity contribution in [3.63, 3.8) is 0 Å². The van der Waals surface area contributed by atoms with Gasteiger partial charge in [-0.25, -0.2) is 0 Å². The number of rotatable bonds is 5. The molecule has 1 rings (SSSR count). The maximum absolute atomic E-state index is 11.4. The number of amides is 1. The molecule has 0 aliphatic heterocycles. The Hall–Kier alpha value is -1.68.